The fourth-order valence-electron chi connectivity index (χ4n) is 4.08. The number of fused-ring (bicyclic) bond motifs is 1. The van der Waals surface area contributed by atoms with E-state index in [1.54, 1.807) is 24.3 Å². The van der Waals surface area contributed by atoms with Crippen molar-refractivity contribution >= 4 is 34.0 Å². The zero-order valence-corrected chi connectivity index (χ0v) is 21.9. The Morgan fingerprint density at radius 2 is 1.97 bits per heavy atom. The van der Waals surface area contributed by atoms with Gasteiger partial charge in [-0.2, -0.15) is 15.0 Å². The van der Waals surface area contributed by atoms with Crippen molar-refractivity contribution in [2.45, 2.75) is 32.8 Å². The number of benzene rings is 1. The van der Waals surface area contributed by atoms with Gasteiger partial charge < -0.3 is 10.4 Å². The quantitative estimate of drug-likeness (QED) is 0.329. The summed E-state index contributed by atoms with van der Waals surface area (Å²) < 4.78 is 17.5. The van der Waals surface area contributed by atoms with Gasteiger partial charge in [0.25, 0.3) is 5.56 Å². The lowest BCUT2D eigenvalue weighted by Crippen LogP contribution is -2.25. The van der Waals surface area contributed by atoms with Crippen LogP contribution in [0.1, 0.15) is 37.5 Å². The van der Waals surface area contributed by atoms with Crippen molar-refractivity contribution in [3.63, 3.8) is 0 Å². The van der Waals surface area contributed by atoms with Crippen LogP contribution < -0.4 is 10.9 Å². The predicted octanol–water partition coefficient (Wildman–Crippen LogP) is 4.56. The minimum atomic E-state index is -0.723. The van der Waals surface area contributed by atoms with E-state index < -0.39 is 18.0 Å². The third kappa shape index (κ3) is 4.83. The molecule has 0 amide bonds. The van der Waals surface area contributed by atoms with E-state index in [4.69, 9.17) is 11.6 Å². The van der Waals surface area contributed by atoms with Gasteiger partial charge in [0.1, 0.15) is 23.3 Å². The van der Waals surface area contributed by atoms with Crippen LogP contribution >= 0.6 is 11.6 Å². The molecular formula is C27H22ClFN8O2. The molecule has 39 heavy (non-hydrogen) atoms. The molecule has 0 fully saturated rings. The van der Waals surface area contributed by atoms with Gasteiger partial charge in [-0.25, -0.2) is 19.0 Å². The summed E-state index contributed by atoms with van der Waals surface area (Å²) in [6.07, 6.45) is 5.71. The number of halogens is 2. The first-order valence-electron chi connectivity index (χ1n) is 11.8. The van der Waals surface area contributed by atoms with Gasteiger partial charge in [-0.3, -0.25) is 4.79 Å². The minimum absolute atomic E-state index is 0.00378. The van der Waals surface area contributed by atoms with Gasteiger partial charge in [-0.15, -0.1) is 5.10 Å². The third-order valence-corrected chi connectivity index (χ3v) is 6.35. The van der Waals surface area contributed by atoms with Crippen molar-refractivity contribution in [2.75, 3.05) is 5.32 Å². The number of nitrogens with one attached hydrogen (secondary N) is 1. The minimum Gasteiger partial charge on any atom is -0.391 e. The number of nitrogens with zero attached hydrogens (tertiary/aromatic N) is 7. The predicted molar refractivity (Wildman–Crippen MR) is 144 cm³/mol. The maximum Gasteiger partial charge on any atom is 0.283 e. The summed E-state index contributed by atoms with van der Waals surface area (Å²) >= 11 is 5.89. The molecule has 0 aliphatic heterocycles. The van der Waals surface area contributed by atoms with E-state index in [-0.39, 0.29) is 33.6 Å². The lowest BCUT2D eigenvalue weighted by Gasteiger charge is -2.20. The van der Waals surface area contributed by atoms with E-state index >= 15 is 4.39 Å². The monoisotopic (exact) mass is 544 g/mol. The SMILES string of the molecule is CC(C)(C)c1cc(F)c2c(=O)n(-c3nccc(-n4cc(C#N)c(Nc5ccc(Cl)cn5)n4)c3CO)ncc2c1. The molecule has 0 saturated heterocycles. The Kier molecular flexibility index (Phi) is 6.59. The Morgan fingerprint density at radius 3 is 2.64 bits per heavy atom. The number of pyridine rings is 2. The van der Waals surface area contributed by atoms with Crippen LogP contribution in [0.15, 0.2) is 59.9 Å². The zero-order chi connectivity index (χ0) is 27.9. The highest BCUT2D eigenvalue weighted by atomic mass is 35.5. The molecule has 5 aromatic rings. The van der Waals surface area contributed by atoms with Gasteiger partial charge in [0.2, 0.25) is 0 Å². The highest BCUT2D eigenvalue weighted by molar-refractivity contribution is 6.30. The number of hydrogen-bond donors (Lipinski definition) is 2. The number of anilines is 2. The van der Waals surface area contributed by atoms with Gasteiger partial charge in [-0.1, -0.05) is 32.4 Å². The van der Waals surface area contributed by atoms with Crippen LogP contribution in [0.25, 0.3) is 22.3 Å². The largest absolute Gasteiger partial charge is 0.391 e. The number of aromatic nitrogens is 6. The molecular weight excluding hydrogens is 523 g/mol. The molecule has 0 spiro atoms. The molecule has 12 heteroatoms. The molecule has 2 N–H and O–H groups in total. The molecule has 0 aliphatic carbocycles. The Labute approximate surface area is 227 Å². The second kappa shape index (κ2) is 9.90. The number of hydrogen-bond acceptors (Lipinski definition) is 8. The second-order valence-corrected chi connectivity index (χ2v) is 10.2. The molecule has 0 aliphatic rings. The fraction of sp³-hybridized carbons (Fsp3) is 0.185. The fourth-order valence-corrected chi connectivity index (χ4v) is 4.19. The molecule has 1 aromatic carbocycles. The standard InChI is InChI=1S/C27H22ClFN8O2/c1-27(2,3)17-8-15-11-33-37(26(39)23(15)20(29)9-17)25-19(14-38)21(6-7-31-25)36-13-16(10-30)24(35-36)34-22-5-4-18(28)12-32-22/h4-9,11-13,38H,14H2,1-3H3,(H,32,34,35). The summed E-state index contributed by atoms with van der Waals surface area (Å²) in [7, 11) is 0. The summed E-state index contributed by atoms with van der Waals surface area (Å²) in [5.41, 5.74) is 0.418. The molecule has 0 saturated carbocycles. The molecule has 0 radical (unpaired) electrons. The van der Waals surface area contributed by atoms with Crippen molar-refractivity contribution in [1.82, 2.24) is 29.5 Å². The Balaban J connectivity index is 1.62. The van der Waals surface area contributed by atoms with E-state index in [1.807, 2.05) is 20.8 Å². The van der Waals surface area contributed by atoms with Gasteiger partial charge in [0.15, 0.2) is 11.6 Å². The zero-order valence-electron chi connectivity index (χ0n) is 21.1. The molecule has 0 bridgehead atoms. The summed E-state index contributed by atoms with van der Waals surface area (Å²) in [5.74, 6) is -0.0311. The van der Waals surface area contributed by atoms with Crippen molar-refractivity contribution in [2.24, 2.45) is 0 Å². The smallest absolute Gasteiger partial charge is 0.283 e. The molecule has 0 unspecified atom stereocenters. The van der Waals surface area contributed by atoms with Gasteiger partial charge in [0.05, 0.1) is 35.1 Å². The number of rotatable bonds is 5. The van der Waals surface area contributed by atoms with Crippen LogP contribution in [0, 0.1) is 17.1 Å². The van der Waals surface area contributed by atoms with Crippen LogP contribution in [0.3, 0.4) is 0 Å². The molecule has 5 rings (SSSR count). The molecule has 4 heterocycles. The average molecular weight is 545 g/mol. The Morgan fingerprint density at radius 1 is 1.18 bits per heavy atom. The first-order valence-corrected chi connectivity index (χ1v) is 12.2. The second-order valence-electron chi connectivity index (χ2n) is 9.76. The van der Waals surface area contributed by atoms with E-state index in [0.717, 1.165) is 10.2 Å². The van der Waals surface area contributed by atoms with Crippen molar-refractivity contribution < 1.29 is 9.50 Å². The summed E-state index contributed by atoms with van der Waals surface area (Å²) in [5, 5.41) is 32.3. The molecule has 0 atom stereocenters. The van der Waals surface area contributed by atoms with E-state index in [0.29, 0.717) is 21.9 Å². The van der Waals surface area contributed by atoms with Crippen LogP contribution in [0.2, 0.25) is 5.02 Å². The first-order chi connectivity index (χ1) is 18.6. The number of aliphatic hydroxyl groups is 1. The normalized spacial score (nSPS) is 11.5. The molecule has 196 valence electrons. The van der Waals surface area contributed by atoms with E-state index in [9.17, 15) is 15.2 Å². The molecule has 10 nitrogen and oxygen atoms in total. The van der Waals surface area contributed by atoms with Crippen molar-refractivity contribution in [1.29, 1.82) is 5.26 Å². The molecule has 4 aromatic heterocycles. The van der Waals surface area contributed by atoms with Crippen molar-refractivity contribution in [3.8, 4) is 17.6 Å². The maximum absolute atomic E-state index is 15.2. The van der Waals surface area contributed by atoms with Crippen LogP contribution in [0.5, 0.6) is 0 Å². The lowest BCUT2D eigenvalue weighted by atomic mass is 9.86. The Hall–Kier alpha value is -4.66. The Bertz CT molecular complexity index is 1820. The van der Waals surface area contributed by atoms with Crippen molar-refractivity contribution in [3.05, 3.63) is 93.0 Å². The van der Waals surface area contributed by atoms with Crippen LogP contribution in [0.4, 0.5) is 16.0 Å². The topological polar surface area (TPSA) is 135 Å². The highest BCUT2D eigenvalue weighted by Gasteiger charge is 2.22. The van der Waals surface area contributed by atoms with E-state index in [1.165, 1.54) is 35.5 Å². The maximum atomic E-state index is 15.2. The van der Waals surface area contributed by atoms with E-state index in [2.05, 4.69) is 31.6 Å². The summed E-state index contributed by atoms with van der Waals surface area (Å²) in [6.45, 7) is 5.31. The van der Waals surface area contributed by atoms with Gasteiger partial charge in [-0.05, 0) is 41.3 Å². The summed E-state index contributed by atoms with van der Waals surface area (Å²) in [6, 6.07) is 9.99. The van der Waals surface area contributed by atoms with Crippen LogP contribution in [-0.2, 0) is 12.0 Å². The summed E-state index contributed by atoms with van der Waals surface area (Å²) in [4.78, 5) is 21.8. The number of nitriles is 1. The highest BCUT2D eigenvalue weighted by Crippen LogP contribution is 2.28. The third-order valence-electron chi connectivity index (χ3n) is 6.13. The lowest BCUT2D eigenvalue weighted by molar-refractivity contribution is 0.280. The van der Waals surface area contributed by atoms with Crippen LogP contribution in [-0.4, -0.2) is 34.6 Å². The number of aliphatic hydroxyl groups excluding tert-OH is 1. The van der Waals surface area contributed by atoms with Gasteiger partial charge in [0, 0.05) is 23.3 Å². The first kappa shape index (κ1) is 26.0. The van der Waals surface area contributed by atoms with Gasteiger partial charge >= 0.3 is 0 Å². The average Bonchev–Trinajstić information content (AvgIpc) is 3.31.